The second kappa shape index (κ2) is 6.67. The molecule has 0 radical (unpaired) electrons. The van der Waals surface area contributed by atoms with Crippen LogP contribution in [0.4, 0.5) is 5.69 Å². The number of carbonyl (C=O) groups excluding carboxylic acids is 1. The number of carbonyl (C=O) groups is 1. The second-order valence-corrected chi connectivity index (χ2v) is 6.82. The van der Waals surface area contributed by atoms with Gasteiger partial charge in [-0.15, -0.1) is 0 Å². The highest BCUT2D eigenvalue weighted by Crippen LogP contribution is 2.32. The Morgan fingerprint density at radius 1 is 1.42 bits per heavy atom. The zero-order valence-corrected chi connectivity index (χ0v) is 14.6. The SMILES string of the molecule is Cc1cc(N)c2c(OC3CCCN(C(=O)C(C)C)C3)cccc2n1. The molecule has 1 atom stereocenters. The first-order valence-corrected chi connectivity index (χ1v) is 8.57. The number of aromatic nitrogens is 1. The summed E-state index contributed by atoms with van der Waals surface area (Å²) in [5, 5.41) is 0.857. The molecule has 1 saturated heterocycles. The summed E-state index contributed by atoms with van der Waals surface area (Å²) in [5.74, 6) is 0.962. The number of pyridine rings is 1. The summed E-state index contributed by atoms with van der Waals surface area (Å²) in [7, 11) is 0. The molecule has 0 saturated carbocycles. The monoisotopic (exact) mass is 327 g/mol. The molecule has 0 aliphatic carbocycles. The van der Waals surface area contributed by atoms with Crippen molar-refractivity contribution in [1.29, 1.82) is 0 Å². The largest absolute Gasteiger partial charge is 0.488 e. The summed E-state index contributed by atoms with van der Waals surface area (Å²) in [5.41, 5.74) is 8.61. The van der Waals surface area contributed by atoms with Gasteiger partial charge in [0.1, 0.15) is 11.9 Å². The molecule has 2 heterocycles. The van der Waals surface area contributed by atoms with E-state index >= 15 is 0 Å². The molecule has 1 aromatic carbocycles. The number of piperidine rings is 1. The lowest BCUT2D eigenvalue weighted by atomic mass is 10.1. The quantitative estimate of drug-likeness (QED) is 0.940. The van der Waals surface area contributed by atoms with Crippen LogP contribution in [0.15, 0.2) is 24.3 Å². The highest BCUT2D eigenvalue weighted by Gasteiger charge is 2.26. The first kappa shape index (κ1) is 16.6. The molecule has 0 spiro atoms. The molecule has 0 bridgehead atoms. The maximum atomic E-state index is 12.2. The summed E-state index contributed by atoms with van der Waals surface area (Å²) in [4.78, 5) is 18.7. The van der Waals surface area contributed by atoms with Gasteiger partial charge in [-0.25, -0.2) is 0 Å². The number of hydrogen-bond donors (Lipinski definition) is 1. The molecule has 24 heavy (non-hydrogen) atoms. The van der Waals surface area contributed by atoms with Gasteiger partial charge in [0, 0.05) is 23.8 Å². The normalized spacial score (nSPS) is 18.2. The van der Waals surface area contributed by atoms with Crippen molar-refractivity contribution in [3.05, 3.63) is 30.0 Å². The van der Waals surface area contributed by atoms with E-state index in [1.54, 1.807) is 0 Å². The van der Waals surface area contributed by atoms with E-state index in [0.29, 0.717) is 12.2 Å². The van der Waals surface area contributed by atoms with E-state index in [9.17, 15) is 4.79 Å². The Bertz CT molecular complexity index is 758. The van der Waals surface area contributed by atoms with E-state index < -0.39 is 0 Å². The van der Waals surface area contributed by atoms with Crippen LogP contribution in [0.5, 0.6) is 5.75 Å². The van der Waals surface area contributed by atoms with Crippen LogP contribution in [0.2, 0.25) is 0 Å². The van der Waals surface area contributed by atoms with Gasteiger partial charge in [0.15, 0.2) is 0 Å². The van der Waals surface area contributed by atoms with Crippen molar-refractivity contribution in [1.82, 2.24) is 9.88 Å². The average Bonchev–Trinajstić information content (AvgIpc) is 2.53. The number of ether oxygens (including phenoxy) is 1. The van der Waals surface area contributed by atoms with Crippen LogP contribution in [0, 0.1) is 12.8 Å². The topological polar surface area (TPSA) is 68.5 Å². The lowest BCUT2D eigenvalue weighted by molar-refractivity contribution is -0.137. The van der Waals surface area contributed by atoms with E-state index in [1.807, 2.05) is 49.9 Å². The fraction of sp³-hybridized carbons (Fsp3) is 0.474. The van der Waals surface area contributed by atoms with Gasteiger partial charge in [-0.1, -0.05) is 19.9 Å². The standard InChI is InChI=1S/C19H25N3O2/c1-12(2)19(23)22-9-5-6-14(11-22)24-17-8-4-7-16-18(17)15(20)10-13(3)21-16/h4,7-8,10,12,14H,5-6,9,11H2,1-3H3,(H2,20,21). The minimum Gasteiger partial charge on any atom is -0.488 e. The number of anilines is 1. The second-order valence-electron chi connectivity index (χ2n) is 6.82. The summed E-state index contributed by atoms with van der Waals surface area (Å²) in [6, 6.07) is 7.67. The fourth-order valence-electron chi connectivity index (χ4n) is 3.30. The summed E-state index contributed by atoms with van der Waals surface area (Å²) >= 11 is 0. The highest BCUT2D eigenvalue weighted by atomic mass is 16.5. The van der Waals surface area contributed by atoms with Crippen LogP contribution >= 0.6 is 0 Å². The van der Waals surface area contributed by atoms with Gasteiger partial charge in [-0.3, -0.25) is 9.78 Å². The predicted molar refractivity (Wildman–Crippen MR) is 96.0 cm³/mol. The maximum Gasteiger partial charge on any atom is 0.225 e. The molecule has 1 fully saturated rings. The summed E-state index contributed by atoms with van der Waals surface area (Å²) in [6.07, 6.45) is 1.89. The van der Waals surface area contributed by atoms with Gasteiger partial charge in [-0.05, 0) is 38.0 Å². The molecule has 1 unspecified atom stereocenters. The number of nitrogens with zero attached hydrogens (tertiary/aromatic N) is 2. The summed E-state index contributed by atoms with van der Waals surface area (Å²) < 4.78 is 6.24. The Labute approximate surface area is 142 Å². The number of nitrogen functional groups attached to an aromatic ring is 1. The van der Waals surface area contributed by atoms with Crippen molar-refractivity contribution < 1.29 is 9.53 Å². The number of fused-ring (bicyclic) bond motifs is 1. The average molecular weight is 327 g/mol. The zero-order valence-electron chi connectivity index (χ0n) is 14.6. The number of nitrogens with two attached hydrogens (primary N) is 1. The molecular formula is C19H25N3O2. The summed E-state index contributed by atoms with van der Waals surface area (Å²) in [6.45, 7) is 7.25. The number of aryl methyl sites for hydroxylation is 1. The maximum absolute atomic E-state index is 12.2. The first-order valence-electron chi connectivity index (χ1n) is 8.57. The number of amides is 1. The molecule has 128 valence electrons. The van der Waals surface area contributed by atoms with E-state index in [1.165, 1.54) is 0 Å². The van der Waals surface area contributed by atoms with Gasteiger partial charge < -0.3 is 15.4 Å². The number of hydrogen-bond acceptors (Lipinski definition) is 4. The van der Waals surface area contributed by atoms with Gasteiger partial charge in [0.2, 0.25) is 5.91 Å². The van der Waals surface area contributed by atoms with Crippen LogP contribution in [-0.4, -0.2) is 35.0 Å². The van der Waals surface area contributed by atoms with Crippen LogP contribution in [0.25, 0.3) is 10.9 Å². The van der Waals surface area contributed by atoms with E-state index in [2.05, 4.69) is 4.98 Å². The third-order valence-corrected chi connectivity index (χ3v) is 4.43. The van der Waals surface area contributed by atoms with Crippen LogP contribution < -0.4 is 10.5 Å². The Kier molecular flexibility index (Phi) is 4.60. The third-order valence-electron chi connectivity index (χ3n) is 4.43. The van der Waals surface area contributed by atoms with E-state index in [-0.39, 0.29) is 17.9 Å². The van der Waals surface area contributed by atoms with Gasteiger partial charge in [0.25, 0.3) is 0 Å². The number of likely N-dealkylation sites (tertiary alicyclic amines) is 1. The van der Waals surface area contributed by atoms with Crippen molar-refractivity contribution >= 4 is 22.5 Å². The lowest BCUT2D eigenvalue weighted by Gasteiger charge is -2.34. The lowest BCUT2D eigenvalue weighted by Crippen LogP contribution is -2.45. The van der Waals surface area contributed by atoms with Crippen molar-refractivity contribution in [3.63, 3.8) is 0 Å². The fourth-order valence-corrected chi connectivity index (χ4v) is 3.30. The minimum atomic E-state index is -0.00671. The Balaban J connectivity index is 1.83. The predicted octanol–water partition coefficient (Wildman–Crippen LogP) is 3.15. The highest BCUT2D eigenvalue weighted by molar-refractivity contribution is 5.95. The molecule has 5 nitrogen and oxygen atoms in total. The molecule has 2 aromatic rings. The van der Waals surface area contributed by atoms with E-state index in [4.69, 9.17) is 10.5 Å². The van der Waals surface area contributed by atoms with Crippen molar-refractivity contribution in [2.24, 2.45) is 5.92 Å². The van der Waals surface area contributed by atoms with Crippen LogP contribution in [-0.2, 0) is 4.79 Å². The van der Waals surface area contributed by atoms with E-state index in [0.717, 1.165) is 41.7 Å². The Morgan fingerprint density at radius 3 is 2.96 bits per heavy atom. The first-order chi connectivity index (χ1) is 11.5. The molecule has 1 aliphatic rings. The molecule has 3 rings (SSSR count). The van der Waals surface area contributed by atoms with Crippen molar-refractivity contribution in [3.8, 4) is 5.75 Å². The third kappa shape index (κ3) is 3.30. The zero-order chi connectivity index (χ0) is 17.3. The minimum absolute atomic E-state index is 0.00671. The smallest absolute Gasteiger partial charge is 0.225 e. The molecular weight excluding hydrogens is 302 g/mol. The molecule has 1 aromatic heterocycles. The van der Waals surface area contributed by atoms with Crippen LogP contribution in [0.1, 0.15) is 32.4 Å². The number of rotatable bonds is 3. The molecule has 1 amide bonds. The molecule has 5 heteroatoms. The van der Waals surface area contributed by atoms with Crippen LogP contribution in [0.3, 0.4) is 0 Å². The number of benzene rings is 1. The van der Waals surface area contributed by atoms with Gasteiger partial charge in [0.05, 0.1) is 17.4 Å². The van der Waals surface area contributed by atoms with Crippen molar-refractivity contribution in [2.75, 3.05) is 18.8 Å². The Morgan fingerprint density at radius 2 is 2.21 bits per heavy atom. The molecule has 2 N–H and O–H groups in total. The Hall–Kier alpha value is -2.30. The van der Waals surface area contributed by atoms with Gasteiger partial charge >= 0.3 is 0 Å². The van der Waals surface area contributed by atoms with Crippen molar-refractivity contribution in [2.45, 2.75) is 39.7 Å². The molecule has 1 aliphatic heterocycles. The van der Waals surface area contributed by atoms with Gasteiger partial charge in [-0.2, -0.15) is 0 Å².